The largest absolute Gasteiger partial charge is 0.380 e. The third-order valence-electron chi connectivity index (χ3n) is 3.79. The first-order valence-corrected chi connectivity index (χ1v) is 8.37. The zero-order valence-corrected chi connectivity index (χ0v) is 14.3. The van der Waals surface area contributed by atoms with Gasteiger partial charge in [-0.3, -0.25) is 0 Å². The molecule has 1 aliphatic carbocycles. The molecular formula is C15H21Br2N. The Morgan fingerprint density at radius 3 is 2.39 bits per heavy atom. The van der Waals surface area contributed by atoms with Crippen LogP contribution in [-0.4, -0.2) is 6.04 Å². The lowest BCUT2D eigenvalue weighted by Gasteiger charge is -2.20. The zero-order chi connectivity index (χ0) is 13.1. The van der Waals surface area contributed by atoms with Gasteiger partial charge in [-0.15, -0.1) is 0 Å². The molecule has 100 valence electrons. The van der Waals surface area contributed by atoms with Gasteiger partial charge in [0.05, 0.1) is 5.69 Å². The topological polar surface area (TPSA) is 12.0 Å². The Balaban J connectivity index is 2.09. The fourth-order valence-electron chi connectivity index (χ4n) is 2.67. The van der Waals surface area contributed by atoms with E-state index in [1.807, 2.05) is 0 Å². The van der Waals surface area contributed by atoms with Crippen molar-refractivity contribution < 1.29 is 0 Å². The number of anilines is 1. The Morgan fingerprint density at radius 2 is 1.72 bits per heavy atom. The predicted octanol–water partition coefficient (Wildman–Crippen LogP) is 5.90. The minimum absolute atomic E-state index is 0.616. The lowest BCUT2D eigenvalue weighted by atomic mass is 10.0. The summed E-state index contributed by atoms with van der Waals surface area (Å²) in [5.74, 6) is 0.890. The Hall–Kier alpha value is -0.0200. The summed E-state index contributed by atoms with van der Waals surface area (Å²) in [6, 6.07) is 4.96. The van der Waals surface area contributed by atoms with Gasteiger partial charge in [0.15, 0.2) is 0 Å². The SMILES string of the molecule is Cc1cc(Br)c(NC2CCCC(C)CC2)c(Br)c1. The van der Waals surface area contributed by atoms with Crippen LogP contribution in [0, 0.1) is 12.8 Å². The van der Waals surface area contributed by atoms with Crippen LogP contribution < -0.4 is 5.32 Å². The van der Waals surface area contributed by atoms with Gasteiger partial charge in [-0.2, -0.15) is 0 Å². The van der Waals surface area contributed by atoms with Gasteiger partial charge in [-0.25, -0.2) is 0 Å². The molecule has 1 fully saturated rings. The van der Waals surface area contributed by atoms with Gasteiger partial charge in [0, 0.05) is 15.0 Å². The molecule has 1 aliphatic rings. The van der Waals surface area contributed by atoms with Crippen molar-refractivity contribution in [3.8, 4) is 0 Å². The number of aryl methyl sites for hydroxylation is 1. The van der Waals surface area contributed by atoms with Gasteiger partial charge in [-0.05, 0) is 81.7 Å². The maximum absolute atomic E-state index is 3.71. The van der Waals surface area contributed by atoms with Crippen LogP contribution in [0.4, 0.5) is 5.69 Å². The van der Waals surface area contributed by atoms with Crippen molar-refractivity contribution in [1.29, 1.82) is 0 Å². The van der Waals surface area contributed by atoms with Crippen LogP contribution >= 0.6 is 31.9 Å². The second-order valence-electron chi connectivity index (χ2n) is 5.56. The summed E-state index contributed by atoms with van der Waals surface area (Å²) < 4.78 is 2.32. The van der Waals surface area contributed by atoms with E-state index < -0.39 is 0 Å². The smallest absolute Gasteiger partial charge is 0.0631 e. The number of halogens is 2. The Labute approximate surface area is 127 Å². The number of hydrogen-bond donors (Lipinski definition) is 1. The summed E-state index contributed by atoms with van der Waals surface area (Å²) in [6.07, 6.45) is 6.65. The molecule has 2 rings (SSSR count). The summed E-state index contributed by atoms with van der Waals surface area (Å²) >= 11 is 7.33. The fourth-order valence-corrected chi connectivity index (χ4v) is 4.32. The summed E-state index contributed by atoms with van der Waals surface area (Å²) in [5, 5.41) is 3.71. The monoisotopic (exact) mass is 373 g/mol. The average Bonchev–Trinajstić information content (AvgIpc) is 2.48. The molecule has 0 aliphatic heterocycles. The molecule has 0 amide bonds. The van der Waals surface area contributed by atoms with E-state index in [2.05, 4.69) is 63.2 Å². The van der Waals surface area contributed by atoms with Crippen molar-refractivity contribution in [2.75, 3.05) is 5.32 Å². The highest BCUT2D eigenvalue weighted by atomic mass is 79.9. The molecule has 1 nitrogen and oxygen atoms in total. The lowest BCUT2D eigenvalue weighted by molar-refractivity contribution is 0.502. The molecule has 0 heterocycles. The molecule has 3 heteroatoms. The summed E-state index contributed by atoms with van der Waals surface area (Å²) in [6.45, 7) is 4.49. The van der Waals surface area contributed by atoms with Crippen molar-refractivity contribution in [2.45, 2.75) is 52.0 Å². The van der Waals surface area contributed by atoms with Crippen molar-refractivity contribution in [3.63, 3.8) is 0 Å². The van der Waals surface area contributed by atoms with E-state index >= 15 is 0 Å². The van der Waals surface area contributed by atoms with Crippen LogP contribution in [0.5, 0.6) is 0 Å². The number of benzene rings is 1. The second kappa shape index (κ2) is 6.42. The van der Waals surface area contributed by atoms with Crippen LogP contribution in [0.1, 0.15) is 44.6 Å². The summed E-state index contributed by atoms with van der Waals surface area (Å²) in [5.41, 5.74) is 2.48. The van der Waals surface area contributed by atoms with Crippen LogP contribution in [0.2, 0.25) is 0 Å². The molecule has 0 bridgehead atoms. The van der Waals surface area contributed by atoms with Gasteiger partial charge in [0.2, 0.25) is 0 Å². The fraction of sp³-hybridized carbons (Fsp3) is 0.600. The maximum atomic E-state index is 3.71. The third kappa shape index (κ3) is 3.74. The lowest BCUT2D eigenvalue weighted by Crippen LogP contribution is -2.19. The van der Waals surface area contributed by atoms with E-state index in [9.17, 15) is 0 Å². The van der Waals surface area contributed by atoms with Crippen molar-refractivity contribution in [3.05, 3.63) is 26.6 Å². The number of hydrogen-bond acceptors (Lipinski definition) is 1. The third-order valence-corrected chi connectivity index (χ3v) is 5.04. The molecule has 1 saturated carbocycles. The van der Waals surface area contributed by atoms with E-state index in [0.717, 1.165) is 14.9 Å². The van der Waals surface area contributed by atoms with Crippen molar-refractivity contribution >= 4 is 37.5 Å². The van der Waals surface area contributed by atoms with Gasteiger partial charge in [0.1, 0.15) is 0 Å². The molecule has 2 unspecified atom stereocenters. The predicted molar refractivity (Wildman–Crippen MR) is 86.2 cm³/mol. The van der Waals surface area contributed by atoms with Crippen LogP contribution in [0.15, 0.2) is 21.1 Å². The zero-order valence-electron chi connectivity index (χ0n) is 11.1. The first kappa shape index (κ1) is 14.4. The van der Waals surface area contributed by atoms with E-state index in [0.29, 0.717) is 6.04 Å². The number of rotatable bonds is 2. The van der Waals surface area contributed by atoms with Crippen molar-refractivity contribution in [1.82, 2.24) is 0 Å². The molecule has 0 spiro atoms. The Kier molecular flexibility index (Phi) is 5.14. The van der Waals surface area contributed by atoms with Crippen LogP contribution in [0.25, 0.3) is 0 Å². The van der Waals surface area contributed by atoms with Crippen molar-refractivity contribution in [2.24, 2.45) is 5.92 Å². The highest BCUT2D eigenvalue weighted by molar-refractivity contribution is 9.11. The molecular weight excluding hydrogens is 354 g/mol. The summed E-state index contributed by atoms with van der Waals surface area (Å²) in [4.78, 5) is 0. The van der Waals surface area contributed by atoms with Crippen LogP contribution in [0.3, 0.4) is 0 Å². The molecule has 0 radical (unpaired) electrons. The highest BCUT2D eigenvalue weighted by Gasteiger charge is 2.17. The van der Waals surface area contributed by atoms with E-state index in [-0.39, 0.29) is 0 Å². The molecule has 1 N–H and O–H groups in total. The van der Waals surface area contributed by atoms with E-state index in [1.54, 1.807) is 0 Å². The normalized spacial score (nSPS) is 24.7. The first-order valence-electron chi connectivity index (χ1n) is 6.78. The van der Waals surface area contributed by atoms with Gasteiger partial charge in [-0.1, -0.05) is 19.8 Å². The van der Waals surface area contributed by atoms with Gasteiger partial charge < -0.3 is 5.32 Å². The Bertz CT molecular complexity index is 394. The molecule has 1 aromatic rings. The highest BCUT2D eigenvalue weighted by Crippen LogP contribution is 2.34. The van der Waals surface area contributed by atoms with Crippen LogP contribution in [-0.2, 0) is 0 Å². The quantitative estimate of drug-likeness (QED) is 0.635. The molecule has 0 aromatic heterocycles. The van der Waals surface area contributed by atoms with E-state index in [1.165, 1.54) is 43.4 Å². The maximum Gasteiger partial charge on any atom is 0.0631 e. The van der Waals surface area contributed by atoms with Gasteiger partial charge in [0.25, 0.3) is 0 Å². The standard InChI is InChI=1S/C15H21Br2N/c1-10-4-3-5-12(7-6-10)18-15-13(16)8-11(2)9-14(15)17/h8-10,12,18H,3-7H2,1-2H3. The minimum Gasteiger partial charge on any atom is -0.380 e. The minimum atomic E-state index is 0.616. The van der Waals surface area contributed by atoms with E-state index in [4.69, 9.17) is 0 Å². The number of nitrogens with one attached hydrogen (secondary N) is 1. The second-order valence-corrected chi connectivity index (χ2v) is 7.27. The molecule has 18 heavy (non-hydrogen) atoms. The average molecular weight is 375 g/mol. The first-order chi connectivity index (χ1) is 8.56. The van der Waals surface area contributed by atoms with Gasteiger partial charge >= 0.3 is 0 Å². The Morgan fingerprint density at radius 1 is 1.06 bits per heavy atom. The summed E-state index contributed by atoms with van der Waals surface area (Å²) in [7, 11) is 0. The molecule has 0 saturated heterocycles. The molecule has 1 aromatic carbocycles. The molecule has 2 atom stereocenters.